The number of ketones is 2. The molecule has 1 aromatic rings. The number of primary amides is 1. The second-order valence-electron chi connectivity index (χ2n) is 12.2. The molecule has 1 amide bonds. The van der Waals surface area contributed by atoms with Gasteiger partial charge in [-0.25, -0.2) is 0 Å². The topological polar surface area (TPSA) is 194 Å². The molecule has 0 saturated heterocycles. The lowest BCUT2D eigenvalue weighted by molar-refractivity contribution is -0.184. The van der Waals surface area contributed by atoms with E-state index in [0.29, 0.717) is 12.1 Å². The molecule has 0 heterocycles. The first-order valence-electron chi connectivity index (χ1n) is 12.7. The highest BCUT2D eigenvalue weighted by atomic mass is 16.3. The molecule has 2 unspecified atom stereocenters. The van der Waals surface area contributed by atoms with Gasteiger partial charge in [0, 0.05) is 41.7 Å². The number of phenolic OH excluding ortho intramolecular Hbond substituents is 2. The average molecular weight is 532 g/mol. The monoisotopic (exact) mass is 531 g/mol. The zero-order valence-electron chi connectivity index (χ0n) is 22.3. The van der Waals surface area contributed by atoms with Gasteiger partial charge in [-0.15, -0.1) is 0 Å². The Hall–Kier alpha value is -2.99. The van der Waals surface area contributed by atoms with Gasteiger partial charge in [0.15, 0.2) is 11.4 Å². The molecular formula is C27H37N3O8. The number of hydrogen-bond donors (Lipinski definition) is 7. The number of phenols is 2. The highest BCUT2D eigenvalue weighted by Crippen LogP contribution is 2.53. The molecule has 6 atom stereocenters. The van der Waals surface area contributed by atoms with Crippen LogP contribution in [0.1, 0.15) is 43.9 Å². The van der Waals surface area contributed by atoms with Crippen LogP contribution in [-0.4, -0.2) is 86.3 Å². The van der Waals surface area contributed by atoms with Crippen LogP contribution in [0.5, 0.6) is 11.5 Å². The number of hydrogen-bond acceptors (Lipinski definition) is 10. The maximum atomic E-state index is 13.9. The molecule has 3 aliphatic rings. The minimum atomic E-state index is -2.71. The Morgan fingerprint density at radius 3 is 2.39 bits per heavy atom. The van der Waals surface area contributed by atoms with Gasteiger partial charge in [0.1, 0.15) is 23.2 Å². The maximum Gasteiger partial charge on any atom is 0.230 e. The van der Waals surface area contributed by atoms with Gasteiger partial charge in [-0.1, -0.05) is 20.8 Å². The molecule has 0 bridgehead atoms. The molecule has 38 heavy (non-hydrogen) atoms. The summed E-state index contributed by atoms with van der Waals surface area (Å²) in [7, 11) is 3.18. The number of rotatable bonds is 5. The number of aliphatic hydroxyl groups is 3. The number of fused-ring (bicyclic) bond motifs is 3. The fraction of sp³-hybridized carbons (Fsp3) is 0.593. The van der Waals surface area contributed by atoms with Crippen LogP contribution in [0.4, 0.5) is 0 Å². The van der Waals surface area contributed by atoms with Crippen molar-refractivity contribution in [1.82, 2.24) is 10.2 Å². The Balaban J connectivity index is 1.83. The average Bonchev–Trinajstić information content (AvgIpc) is 2.78. The lowest BCUT2D eigenvalue weighted by Crippen LogP contribution is -2.73. The van der Waals surface area contributed by atoms with Crippen molar-refractivity contribution in [2.45, 2.75) is 57.9 Å². The number of carbonyl (C=O) groups is 3. The fourth-order valence-electron chi connectivity index (χ4n) is 6.41. The number of benzene rings is 1. The van der Waals surface area contributed by atoms with Crippen molar-refractivity contribution in [3.63, 3.8) is 0 Å². The first-order valence-corrected chi connectivity index (χ1v) is 12.7. The van der Waals surface area contributed by atoms with Crippen LogP contribution >= 0.6 is 0 Å². The third kappa shape index (κ3) is 4.17. The van der Waals surface area contributed by atoms with E-state index in [2.05, 4.69) is 5.32 Å². The van der Waals surface area contributed by atoms with Crippen LogP contribution in [0, 0.1) is 23.2 Å². The Morgan fingerprint density at radius 2 is 1.84 bits per heavy atom. The van der Waals surface area contributed by atoms with Gasteiger partial charge in [-0.3, -0.25) is 14.4 Å². The molecule has 0 aromatic heterocycles. The van der Waals surface area contributed by atoms with Gasteiger partial charge >= 0.3 is 0 Å². The molecular weight excluding hydrogens is 494 g/mol. The van der Waals surface area contributed by atoms with Gasteiger partial charge in [-0.2, -0.15) is 0 Å². The van der Waals surface area contributed by atoms with Crippen LogP contribution in [0.15, 0.2) is 11.6 Å². The second-order valence-corrected chi connectivity index (χ2v) is 12.2. The van der Waals surface area contributed by atoms with Crippen LogP contribution in [-0.2, 0) is 27.3 Å². The summed E-state index contributed by atoms with van der Waals surface area (Å²) >= 11 is 0. The van der Waals surface area contributed by atoms with Gasteiger partial charge in [0.25, 0.3) is 0 Å². The van der Waals surface area contributed by atoms with Gasteiger partial charge < -0.3 is 41.5 Å². The van der Waals surface area contributed by atoms with Crippen molar-refractivity contribution in [2.24, 2.45) is 28.9 Å². The minimum absolute atomic E-state index is 0.00665. The van der Waals surface area contributed by atoms with Crippen molar-refractivity contribution < 1.29 is 39.9 Å². The number of carbonyl (C=O) groups excluding carboxylic acids is 3. The first kappa shape index (κ1) is 28.0. The zero-order valence-corrected chi connectivity index (χ0v) is 22.3. The third-order valence-electron chi connectivity index (χ3n) is 8.11. The first-order chi connectivity index (χ1) is 17.5. The van der Waals surface area contributed by atoms with Crippen molar-refractivity contribution >= 4 is 23.2 Å². The smallest absolute Gasteiger partial charge is 0.230 e. The molecule has 11 heteroatoms. The molecule has 8 N–H and O–H groups in total. The van der Waals surface area contributed by atoms with Crippen LogP contribution in [0.2, 0.25) is 0 Å². The number of nitrogens with one attached hydrogen (secondary N) is 1. The summed E-state index contributed by atoms with van der Waals surface area (Å²) < 4.78 is 0. The zero-order chi connectivity index (χ0) is 28.5. The SMILES string of the molecule is CN(C)[C@@H]1C(O)C(C(N)=O)C(=O)[C@@]2(O)C(=O)C3=C(O)c4c(O)c(CNCC(C)(C)C)cc(O)c4C[C@H]3C[C@@H]12. The Morgan fingerprint density at radius 1 is 1.21 bits per heavy atom. The lowest BCUT2D eigenvalue weighted by atomic mass is 9.54. The number of aromatic hydroxyl groups is 2. The van der Waals surface area contributed by atoms with E-state index in [1.807, 2.05) is 20.8 Å². The summed E-state index contributed by atoms with van der Waals surface area (Å²) in [5.41, 5.74) is 2.79. The van der Waals surface area contributed by atoms with E-state index < -0.39 is 58.7 Å². The quantitative estimate of drug-likeness (QED) is 0.200. The largest absolute Gasteiger partial charge is 0.508 e. The van der Waals surface area contributed by atoms with Crippen molar-refractivity contribution in [1.29, 1.82) is 0 Å². The lowest BCUT2D eigenvalue weighted by Gasteiger charge is -2.53. The molecule has 0 radical (unpaired) electrons. The minimum Gasteiger partial charge on any atom is -0.508 e. The summed E-state index contributed by atoms with van der Waals surface area (Å²) in [5, 5.41) is 58.9. The Labute approximate surface area is 220 Å². The number of nitrogens with zero attached hydrogens (tertiary/aromatic N) is 1. The molecule has 208 valence electrons. The maximum absolute atomic E-state index is 13.9. The van der Waals surface area contributed by atoms with E-state index in [9.17, 15) is 39.9 Å². The number of nitrogens with two attached hydrogens (primary N) is 1. The molecule has 2 fully saturated rings. The molecule has 2 saturated carbocycles. The highest BCUT2D eigenvalue weighted by Gasteiger charge is 2.67. The normalized spacial score (nSPS) is 31.2. The highest BCUT2D eigenvalue weighted by molar-refractivity contribution is 6.25. The Kier molecular flexibility index (Phi) is 6.89. The van der Waals surface area contributed by atoms with Gasteiger partial charge in [-0.05, 0) is 44.3 Å². The van der Waals surface area contributed by atoms with E-state index in [-0.39, 0.29) is 53.0 Å². The van der Waals surface area contributed by atoms with Crippen molar-refractivity contribution in [3.05, 3.63) is 28.3 Å². The van der Waals surface area contributed by atoms with Gasteiger partial charge in [0.05, 0.1) is 11.7 Å². The van der Waals surface area contributed by atoms with Crippen molar-refractivity contribution in [2.75, 3.05) is 20.6 Å². The van der Waals surface area contributed by atoms with E-state index in [1.54, 1.807) is 14.1 Å². The fourth-order valence-corrected chi connectivity index (χ4v) is 6.41. The predicted molar refractivity (Wildman–Crippen MR) is 137 cm³/mol. The van der Waals surface area contributed by atoms with Crippen LogP contribution in [0.3, 0.4) is 0 Å². The number of likely N-dealkylation sites (N-methyl/N-ethyl adjacent to an activating group) is 1. The summed E-state index contributed by atoms with van der Waals surface area (Å²) in [5.74, 6) is -8.23. The summed E-state index contributed by atoms with van der Waals surface area (Å²) in [6.07, 6.45) is -1.51. The summed E-state index contributed by atoms with van der Waals surface area (Å²) in [4.78, 5) is 40.9. The third-order valence-corrected chi connectivity index (χ3v) is 8.11. The van der Waals surface area contributed by atoms with E-state index >= 15 is 0 Å². The summed E-state index contributed by atoms with van der Waals surface area (Å²) in [6, 6.07) is 0.444. The molecule has 4 rings (SSSR count). The molecule has 11 nitrogen and oxygen atoms in total. The van der Waals surface area contributed by atoms with E-state index in [4.69, 9.17) is 5.73 Å². The molecule has 3 aliphatic carbocycles. The predicted octanol–water partition coefficient (Wildman–Crippen LogP) is -0.0297. The standard InChI is InChI=1S/C27H37N3O8/c1-26(2,3)10-29-9-12-8-15(31)13-6-11-7-14-19(30(4)5)22(34)18(25(28)37)24(36)27(14,38)23(35)16(11)21(33)17(13)20(12)32/h8,11,14,18-19,22,29,31-34,38H,6-7,9-10H2,1-5H3,(H2,28,37)/t11-,14-,18?,19-,22?,27-/m0/s1. The molecule has 0 spiro atoms. The van der Waals surface area contributed by atoms with Crippen LogP contribution in [0.25, 0.3) is 5.76 Å². The molecule has 1 aromatic carbocycles. The number of Topliss-reactive ketones (excluding diaryl/α,β-unsaturated/α-hetero) is 2. The number of amides is 1. The summed E-state index contributed by atoms with van der Waals surface area (Å²) in [6.45, 7) is 6.87. The number of aliphatic hydroxyl groups excluding tert-OH is 2. The van der Waals surface area contributed by atoms with Crippen LogP contribution < -0.4 is 11.1 Å². The Bertz CT molecular complexity index is 1230. The second kappa shape index (κ2) is 9.33. The van der Waals surface area contributed by atoms with E-state index in [1.165, 1.54) is 11.0 Å². The molecule has 0 aliphatic heterocycles. The van der Waals surface area contributed by atoms with Crippen molar-refractivity contribution in [3.8, 4) is 11.5 Å². The van der Waals surface area contributed by atoms with Gasteiger partial charge in [0.2, 0.25) is 11.7 Å². The van der Waals surface area contributed by atoms with E-state index in [0.717, 1.165) is 0 Å².